The molecule has 0 saturated carbocycles. The number of nitrogens with zero attached hydrogens (tertiary/aromatic N) is 3. The lowest BCUT2D eigenvalue weighted by Crippen LogP contribution is -2.07. The summed E-state index contributed by atoms with van der Waals surface area (Å²) in [6.07, 6.45) is 3.42. The van der Waals surface area contributed by atoms with Gasteiger partial charge < -0.3 is 10.4 Å². The Bertz CT molecular complexity index is 835. The number of aliphatic hydroxyl groups excluding tert-OH is 1. The number of hydrogen-bond donors (Lipinski definition) is 2. The number of aliphatic hydroxyl groups is 1. The Morgan fingerprint density at radius 2 is 2.12 bits per heavy atom. The van der Waals surface area contributed by atoms with Gasteiger partial charge in [-0.05, 0) is 34.5 Å². The average molecular weight is 393 g/mol. The zero-order chi connectivity index (χ0) is 17.5. The molecule has 2 heterocycles. The van der Waals surface area contributed by atoms with E-state index in [1.54, 1.807) is 28.9 Å². The molecule has 5 nitrogen and oxygen atoms in total. The Morgan fingerprint density at radius 3 is 2.79 bits per heavy atom. The number of halogens is 2. The van der Waals surface area contributed by atoms with Gasteiger partial charge in [-0.25, -0.2) is 9.37 Å². The maximum atomic E-state index is 14.0. The molecule has 0 saturated heterocycles. The van der Waals surface area contributed by atoms with Gasteiger partial charge in [-0.1, -0.05) is 25.6 Å². The van der Waals surface area contributed by atoms with Gasteiger partial charge in [0.1, 0.15) is 11.6 Å². The SMILES string of the molecule is C=CO.CCCNc1cc(-c2ccccc2F)nc2c(Br)cnn12. The van der Waals surface area contributed by atoms with E-state index in [2.05, 4.69) is 44.8 Å². The summed E-state index contributed by atoms with van der Waals surface area (Å²) in [4.78, 5) is 4.51. The molecule has 126 valence electrons. The molecule has 7 heteroatoms. The van der Waals surface area contributed by atoms with E-state index in [0.717, 1.165) is 29.5 Å². The average Bonchev–Trinajstić information content (AvgIpc) is 2.95. The highest BCUT2D eigenvalue weighted by molar-refractivity contribution is 9.10. The smallest absolute Gasteiger partial charge is 0.172 e. The first kappa shape index (κ1) is 17.9. The Morgan fingerprint density at radius 1 is 1.42 bits per heavy atom. The van der Waals surface area contributed by atoms with E-state index in [1.165, 1.54) is 6.07 Å². The topological polar surface area (TPSA) is 62.5 Å². The lowest BCUT2D eigenvalue weighted by Gasteiger charge is -2.10. The predicted octanol–water partition coefficient (Wildman–Crippen LogP) is 4.81. The minimum atomic E-state index is -0.286. The second-order valence-corrected chi connectivity index (χ2v) is 5.70. The largest absolute Gasteiger partial charge is 0.516 e. The maximum Gasteiger partial charge on any atom is 0.172 e. The van der Waals surface area contributed by atoms with Gasteiger partial charge in [-0.2, -0.15) is 9.61 Å². The van der Waals surface area contributed by atoms with Crippen molar-refractivity contribution in [2.45, 2.75) is 13.3 Å². The van der Waals surface area contributed by atoms with E-state index < -0.39 is 0 Å². The van der Waals surface area contributed by atoms with Gasteiger partial charge in [0, 0.05) is 18.2 Å². The fourth-order valence-corrected chi connectivity index (χ4v) is 2.47. The van der Waals surface area contributed by atoms with Crippen LogP contribution < -0.4 is 5.32 Å². The van der Waals surface area contributed by atoms with E-state index in [0.29, 0.717) is 16.9 Å². The molecule has 0 unspecified atom stereocenters. The summed E-state index contributed by atoms with van der Waals surface area (Å²) in [5, 5.41) is 14.9. The molecule has 1 aromatic carbocycles. The third-order valence-electron chi connectivity index (χ3n) is 3.13. The zero-order valence-corrected chi connectivity index (χ0v) is 14.8. The van der Waals surface area contributed by atoms with Crippen molar-refractivity contribution in [3.05, 3.63) is 59.7 Å². The van der Waals surface area contributed by atoms with Crippen molar-refractivity contribution in [2.24, 2.45) is 0 Å². The molecular weight excluding hydrogens is 375 g/mol. The van der Waals surface area contributed by atoms with E-state index >= 15 is 0 Å². The molecule has 0 amide bonds. The van der Waals surface area contributed by atoms with Crippen LogP contribution in [0.25, 0.3) is 16.9 Å². The van der Waals surface area contributed by atoms with Crippen LogP contribution in [0.15, 0.2) is 53.8 Å². The van der Waals surface area contributed by atoms with Crippen molar-refractivity contribution in [3.63, 3.8) is 0 Å². The van der Waals surface area contributed by atoms with Gasteiger partial charge in [0.15, 0.2) is 5.65 Å². The van der Waals surface area contributed by atoms with E-state index in [-0.39, 0.29) is 5.82 Å². The van der Waals surface area contributed by atoms with E-state index in [9.17, 15) is 4.39 Å². The number of nitrogens with one attached hydrogen (secondary N) is 1. The summed E-state index contributed by atoms with van der Waals surface area (Å²) in [6.45, 7) is 5.81. The number of aromatic nitrogens is 3. The fourth-order valence-electron chi connectivity index (χ4n) is 2.12. The molecule has 3 aromatic rings. The molecule has 0 fully saturated rings. The molecule has 3 rings (SSSR count). The Labute approximate surface area is 148 Å². The van der Waals surface area contributed by atoms with Gasteiger partial charge in [0.2, 0.25) is 0 Å². The van der Waals surface area contributed by atoms with E-state index in [4.69, 9.17) is 5.11 Å². The third-order valence-corrected chi connectivity index (χ3v) is 3.69. The Balaban J connectivity index is 0.000000647. The van der Waals surface area contributed by atoms with Gasteiger partial charge in [-0.15, -0.1) is 0 Å². The minimum Gasteiger partial charge on any atom is -0.516 e. The molecule has 2 N–H and O–H groups in total. The highest BCUT2D eigenvalue weighted by atomic mass is 79.9. The summed E-state index contributed by atoms with van der Waals surface area (Å²) in [5.41, 5.74) is 1.72. The molecule has 0 bridgehead atoms. The number of rotatable bonds is 4. The standard InChI is InChI=1S/C15H14BrFN4.C2H4O/c1-2-7-18-14-8-13(10-5-3-4-6-12(10)17)20-15-11(16)9-19-21(14)15;1-2-3/h3-6,8-9,18H,2,7H2,1H3;2-3H,1H2. The van der Waals surface area contributed by atoms with Crippen LogP contribution in [0.5, 0.6) is 0 Å². The summed E-state index contributed by atoms with van der Waals surface area (Å²) in [6, 6.07) is 8.45. The van der Waals surface area contributed by atoms with Gasteiger partial charge in [0.25, 0.3) is 0 Å². The normalized spacial score (nSPS) is 10.1. The van der Waals surface area contributed by atoms with Crippen molar-refractivity contribution in [2.75, 3.05) is 11.9 Å². The summed E-state index contributed by atoms with van der Waals surface area (Å²) in [5.74, 6) is 0.511. The van der Waals surface area contributed by atoms with Crippen LogP contribution >= 0.6 is 15.9 Å². The Kier molecular flexibility index (Phi) is 6.31. The first-order valence-electron chi connectivity index (χ1n) is 7.40. The quantitative estimate of drug-likeness (QED) is 0.625. The first-order chi connectivity index (χ1) is 11.6. The lowest BCUT2D eigenvalue weighted by atomic mass is 10.1. The van der Waals surface area contributed by atoms with Gasteiger partial charge in [0.05, 0.1) is 22.6 Å². The molecule has 0 aliphatic rings. The van der Waals surface area contributed by atoms with Crippen molar-refractivity contribution in [1.29, 1.82) is 0 Å². The number of anilines is 1. The van der Waals surface area contributed by atoms with Crippen LogP contribution in [0.2, 0.25) is 0 Å². The van der Waals surface area contributed by atoms with Gasteiger partial charge >= 0.3 is 0 Å². The van der Waals surface area contributed by atoms with Crippen LogP contribution in [0.4, 0.5) is 10.2 Å². The summed E-state index contributed by atoms with van der Waals surface area (Å²) >= 11 is 3.43. The molecule has 0 radical (unpaired) electrons. The second-order valence-electron chi connectivity index (χ2n) is 4.84. The van der Waals surface area contributed by atoms with Crippen molar-refractivity contribution >= 4 is 27.4 Å². The molecule has 2 aromatic heterocycles. The number of fused-ring (bicyclic) bond motifs is 1. The molecular formula is C17H18BrFN4O. The molecule has 24 heavy (non-hydrogen) atoms. The van der Waals surface area contributed by atoms with Crippen LogP contribution in [0.1, 0.15) is 13.3 Å². The van der Waals surface area contributed by atoms with Crippen LogP contribution in [-0.4, -0.2) is 26.2 Å². The predicted molar refractivity (Wildman–Crippen MR) is 97.7 cm³/mol. The highest BCUT2D eigenvalue weighted by Gasteiger charge is 2.13. The zero-order valence-electron chi connectivity index (χ0n) is 13.2. The van der Waals surface area contributed by atoms with Crippen molar-refractivity contribution < 1.29 is 9.50 Å². The fraction of sp³-hybridized carbons (Fsp3) is 0.176. The monoisotopic (exact) mass is 392 g/mol. The molecule has 0 atom stereocenters. The maximum absolute atomic E-state index is 14.0. The second kappa shape index (κ2) is 8.44. The van der Waals surface area contributed by atoms with Crippen molar-refractivity contribution in [3.8, 4) is 11.3 Å². The molecule has 0 aliphatic carbocycles. The number of hydrogen-bond acceptors (Lipinski definition) is 4. The molecule has 0 aliphatic heterocycles. The van der Waals surface area contributed by atoms with Crippen LogP contribution in [0.3, 0.4) is 0 Å². The molecule has 0 spiro atoms. The van der Waals surface area contributed by atoms with Crippen molar-refractivity contribution in [1.82, 2.24) is 14.6 Å². The number of benzene rings is 1. The van der Waals surface area contributed by atoms with Crippen LogP contribution in [-0.2, 0) is 0 Å². The van der Waals surface area contributed by atoms with Gasteiger partial charge in [-0.3, -0.25) is 0 Å². The lowest BCUT2D eigenvalue weighted by molar-refractivity contribution is 0.476. The highest BCUT2D eigenvalue weighted by Crippen LogP contribution is 2.27. The Hall–Kier alpha value is -2.41. The third kappa shape index (κ3) is 3.91. The summed E-state index contributed by atoms with van der Waals surface area (Å²) < 4.78 is 16.5. The van der Waals surface area contributed by atoms with E-state index in [1.807, 2.05) is 6.07 Å². The summed E-state index contributed by atoms with van der Waals surface area (Å²) in [7, 11) is 0. The minimum absolute atomic E-state index is 0.286. The van der Waals surface area contributed by atoms with Crippen LogP contribution in [0, 0.1) is 5.82 Å². The first-order valence-corrected chi connectivity index (χ1v) is 8.19.